The fourth-order valence-electron chi connectivity index (χ4n) is 9.02. The van der Waals surface area contributed by atoms with E-state index in [2.05, 4.69) is 49.3 Å². The number of alkyl halides is 2. The van der Waals surface area contributed by atoms with E-state index in [1.807, 2.05) is 57.7 Å². The lowest BCUT2D eigenvalue weighted by molar-refractivity contribution is -0.139. The monoisotopic (exact) mass is 811 g/mol. The molecule has 15 heteroatoms. The molecule has 3 aliphatic rings. The number of hydrogen-bond donors (Lipinski definition) is 3. The number of carbonyl (C=O) groups is 3. The number of H-pyrrole nitrogens is 2. The Balaban J connectivity index is 1.05. The number of amides is 3. The molecular formula is C44H51F2N7O6. The minimum atomic E-state index is -2.86. The van der Waals surface area contributed by atoms with E-state index in [1.165, 1.54) is 7.11 Å². The number of nitrogens with zero attached hydrogens (tertiary/aromatic N) is 4. The Morgan fingerprint density at radius 3 is 2.56 bits per heavy atom. The molecule has 0 unspecified atom stereocenters. The molecule has 13 nitrogen and oxygen atoms in total. The Bertz CT molecular complexity index is 2390. The fraction of sp³-hybridized carbons (Fsp3) is 0.477. The van der Waals surface area contributed by atoms with Gasteiger partial charge in [0.05, 0.1) is 48.7 Å². The van der Waals surface area contributed by atoms with Crippen molar-refractivity contribution in [1.82, 2.24) is 35.1 Å². The van der Waals surface area contributed by atoms with Crippen molar-refractivity contribution in [3.05, 3.63) is 65.9 Å². The van der Waals surface area contributed by atoms with Crippen LogP contribution in [0.25, 0.3) is 44.2 Å². The molecule has 0 aliphatic carbocycles. The Morgan fingerprint density at radius 2 is 1.81 bits per heavy atom. The van der Waals surface area contributed by atoms with Gasteiger partial charge in [0, 0.05) is 35.9 Å². The molecule has 2 saturated heterocycles. The van der Waals surface area contributed by atoms with Crippen molar-refractivity contribution >= 4 is 39.7 Å². The third-order valence-electron chi connectivity index (χ3n) is 12.0. The first-order valence-electron chi connectivity index (χ1n) is 20.4. The standard InChI is InChI=1S/C44H51F2N7O6/c1-22(2)13-37(54)52-19-25(20-59-43(45)46)14-35(52)40-47-18-33(49-40)27-8-10-29-28(15-27)21-58-36-17-30-26(16-31(29)36)9-11-32-39(30)50-41(48-32)34-12-7-24(5)53(34)42(55)38(23(3)4)51-44(56)57-6/h8-11,15-18,22-25,34-35,38,43H,7,12-14,19-21H2,1-6H3,(H,47,49)(H,48,50)(H,51,56)/t24-,25-,34-,35-,38-/m0/s1. The smallest absolute Gasteiger partial charge is 0.407 e. The first kappa shape index (κ1) is 40.2. The zero-order valence-electron chi connectivity index (χ0n) is 34.2. The molecule has 0 spiro atoms. The van der Waals surface area contributed by atoms with Crippen molar-refractivity contribution in [2.24, 2.45) is 17.8 Å². The summed E-state index contributed by atoms with van der Waals surface area (Å²) in [6.45, 7) is 7.50. The van der Waals surface area contributed by atoms with Gasteiger partial charge in [-0.15, -0.1) is 0 Å². The van der Waals surface area contributed by atoms with Crippen LogP contribution in [0.5, 0.6) is 5.75 Å². The molecule has 3 aliphatic heterocycles. The zero-order chi connectivity index (χ0) is 41.7. The van der Waals surface area contributed by atoms with Gasteiger partial charge in [0.15, 0.2) is 0 Å². The lowest BCUT2D eigenvalue weighted by Crippen LogP contribution is -2.52. The van der Waals surface area contributed by atoms with Crippen LogP contribution in [0.15, 0.2) is 48.7 Å². The van der Waals surface area contributed by atoms with Crippen LogP contribution in [0, 0.1) is 17.8 Å². The van der Waals surface area contributed by atoms with Gasteiger partial charge >= 0.3 is 12.7 Å². The van der Waals surface area contributed by atoms with E-state index in [0.717, 1.165) is 68.3 Å². The second-order valence-corrected chi connectivity index (χ2v) is 16.9. The number of rotatable bonds is 11. The largest absolute Gasteiger partial charge is 0.488 e. The molecule has 5 aromatic rings. The van der Waals surface area contributed by atoms with Gasteiger partial charge in [-0.3, -0.25) is 9.59 Å². The average Bonchev–Trinajstić information content (AvgIpc) is 4.03. The Morgan fingerprint density at radius 1 is 1.00 bits per heavy atom. The zero-order valence-corrected chi connectivity index (χ0v) is 34.2. The highest BCUT2D eigenvalue weighted by atomic mass is 19.3. The van der Waals surface area contributed by atoms with Gasteiger partial charge in [0.2, 0.25) is 11.8 Å². The number of imidazole rings is 2. The molecule has 0 radical (unpaired) electrons. The predicted octanol–water partition coefficient (Wildman–Crippen LogP) is 8.27. The summed E-state index contributed by atoms with van der Waals surface area (Å²) >= 11 is 0. The molecule has 3 aromatic carbocycles. The normalized spacial score (nSPS) is 20.7. The summed E-state index contributed by atoms with van der Waals surface area (Å²) in [5.41, 5.74) is 6.36. The molecule has 5 heterocycles. The maximum atomic E-state index is 13.9. The molecule has 5 atom stereocenters. The molecule has 2 fully saturated rings. The first-order chi connectivity index (χ1) is 28.3. The predicted molar refractivity (Wildman–Crippen MR) is 217 cm³/mol. The molecule has 8 rings (SSSR count). The number of likely N-dealkylation sites (tertiary alicyclic amines) is 2. The van der Waals surface area contributed by atoms with Crippen molar-refractivity contribution in [3.63, 3.8) is 0 Å². The van der Waals surface area contributed by atoms with Gasteiger partial charge in [0.25, 0.3) is 0 Å². The maximum absolute atomic E-state index is 13.9. The van der Waals surface area contributed by atoms with Gasteiger partial charge < -0.3 is 39.3 Å². The van der Waals surface area contributed by atoms with Crippen LogP contribution >= 0.6 is 0 Å². The number of ether oxygens (including phenoxy) is 3. The molecule has 312 valence electrons. The van der Waals surface area contributed by atoms with Crippen molar-refractivity contribution in [2.45, 2.75) is 97.7 Å². The average molecular weight is 812 g/mol. The van der Waals surface area contributed by atoms with Crippen LogP contribution < -0.4 is 10.1 Å². The van der Waals surface area contributed by atoms with E-state index < -0.39 is 18.7 Å². The molecule has 3 amide bonds. The number of aromatic nitrogens is 4. The number of benzene rings is 3. The van der Waals surface area contributed by atoms with Crippen molar-refractivity contribution < 1.29 is 37.4 Å². The molecule has 3 N–H and O–H groups in total. The quantitative estimate of drug-likeness (QED) is 0.120. The summed E-state index contributed by atoms with van der Waals surface area (Å²) in [6.07, 6.45) is 3.50. The van der Waals surface area contributed by atoms with Gasteiger partial charge in [-0.25, -0.2) is 14.8 Å². The lowest BCUT2D eigenvalue weighted by atomic mass is 9.92. The van der Waals surface area contributed by atoms with Crippen LogP contribution in [0.4, 0.5) is 13.6 Å². The Hall–Kier alpha value is -5.57. The van der Waals surface area contributed by atoms with Gasteiger partial charge in [-0.05, 0) is 84.4 Å². The number of nitrogens with one attached hydrogen (secondary N) is 3. The number of carbonyl (C=O) groups excluding carboxylic acids is 3. The number of alkyl carbamates (subject to hydrolysis) is 1. The molecule has 0 bridgehead atoms. The molecule has 59 heavy (non-hydrogen) atoms. The van der Waals surface area contributed by atoms with Gasteiger partial charge in [-0.2, -0.15) is 8.78 Å². The van der Waals surface area contributed by atoms with E-state index in [0.29, 0.717) is 37.6 Å². The van der Waals surface area contributed by atoms with Crippen molar-refractivity contribution in [1.29, 1.82) is 0 Å². The summed E-state index contributed by atoms with van der Waals surface area (Å²) in [7, 11) is 1.29. The third kappa shape index (κ3) is 7.84. The third-order valence-corrected chi connectivity index (χ3v) is 12.0. The van der Waals surface area contributed by atoms with E-state index in [1.54, 1.807) is 11.1 Å². The topological polar surface area (TPSA) is 155 Å². The highest BCUT2D eigenvalue weighted by molar-refractivity contribution is 6.07. The number of methoxy groups -OCH3 is 1. The van der Waals surface area contributed by atoms with Crippen LogP contribution in [-0.2, 0) is 25.7 Å². The Kier molecular flexibility index (Phi) is 11.1. The van der Waals surface area contributed by atoms with Crippen LogP contribution in [0.1, 0.15) is 89.6 Å². The van der Waals surface area contributed by atoms with Crippen LogP contribution in [0.2, 0.25) is 0 Å². The highest BCUT2D eigenvalue weighted by Gasteiger charge is 2.42. The number of hydrogen-bond acceptors (Lipinski definition) is 8. The van der Waals surface area contributed by atoms with E-state index in [9.17, 15) is 23.2 Å². The number of aromatic amines is 2. The number of fused-ring (bicyclic) bond motifs is 6. The van der Waals surface area contributed by atoms with Crippen LogP contribution in [-0.4, -0.2) is 86.6 Å². The molecular weight excluding hydrogens is 761 g/mol. The van der Waals surface area contributed by atoms with Gasteiger partial charge in [0.1, 0.15) is 30.0 Å². The summed E-state index contributed by atoms with van der Waals surface area (Å²) in [4.78, 5) is 59.6. The maximum Gasteiger partial charge on any atom is 0.407 e. The lowest BCUT2D eigenvalue weighted by Gasteiger charge is -2.32. The van der Waals surface area contributed by atoms with Crippen molar-refractivity contribution in [2.75, 3.05) is 20.3 Å². The van der Waals surface area contributed by atoms with E-state index >= 15 is 0 Å². The summed E-state index contributed by atoms with van der Waals surface area (Å²) in [6, 6.07) is 13.0. The van der Waals surface area contributed by atoms with Gasteiger partial charge in [-0.1, -0.05) is 45.9 Å². The van der Waals surface area contributed by atoms with E-state index in [-0.39, 0.29) is 54.3 Å². The minimum Gasteiger partial charge on any atom is -0.488 e. The summed E-state index contributed by atoms with van der Waals surface area (Å²) in [5, 5.41) is 4.65. The van der Waals surface area contributed by atoms with E-state index in [4.69, 9.17) is 14.5 Å². The summed E-state index contributed by atoms with van der Waals surface area (Å²) in [5.74, 6) is 1.67. The minimum absolute atomic E-state index is 0.0266. The second-order valence-electron chi connectivity index (χ2n) is 16.9. The summed E-state index contributed by atoms with van der Waals surface area (Å²) < 4.78 is 41.6. The number of halogens is 2. The first-order valence-corrected chi connectivity index (χ1v) is 20.4. The Labute approximate surface area is 341 Å². The molecule has 0 saturated carbocycles. The van der Waals surface area contributed by atoms with Crippen molar-refractivity contribution in [3.8, 4) is 28.1 Å². The SMILES string of the molecule is COC(=O)N[C@H](C(=O)N1[C@@H](C)CC[C@H]1c1nc2c(ccc3cc4c(cc32)OCc2cc(-c3cnc([C@@H]5C[C@H](COC(F)F)CN5C(=O)CC(C)C)[nH]3)ccc2-4)[nH]1)C(C)C. The fourth-order valence-corrected chi connectivity index (χ4v) is 9.02. The highest BCUT2D eigenvalue weighted by Crippen LogP contribution is 2.44. The molecule has 2 aromatic heterocycles. The van der Waals surface area contributed by atoms with Crippen LogP contribution in [0.3, 0.4) is 0 Å². The second kappa shape index (κ2) is 16.2.